The Morgan fingerprint density at radius 1 is 0.719 bits per heavy atom. The molecule has 0 saturated carbocycles. The highest BCUT2D eigenvalue weighted by molar-refractivity contribution is 5.89. The maximum atomic E-state index is 4.10. The number of rotatable bonds is 4. The fourth-order valence-corrected chi connectivity index (χ4v) is 5.66. The molecule has 0 amide bonds. The van der Waals surface area contributed by atoms with Crippen LogP contribution in [0, 0.1) is 0 Å². The van der Waals surface area contributed by atoms with Crippen LogP contribution in [0.2, 0.25) is 0 Å². The van der Waals surface area contributed by atoms with Crippen molar-refractivity contribution in [3.63, 3.8) is 0 Å². The first kappa shape index (κ1) is 20.6. The lowest BCUT2D eigenvalue weighted by molar-refractivity contribution is 0.655. The van der Waals surface area contributed by atoms with Crippen molar-refractivity contribution in [2.24, 2.45) is 0 Å². The van der Waals surface area contributed by atoms with Gasteiger partial charge in [0, 0.05) is 22.2 Å². The van der Waals surface area contributed by atoms with E-state index in [1.54, 1.807) is 0 Å². The van der Waals surface area contributed by atoms with Gasteiger partial charge in [0.25, 0.3) is 0 Å². The molecular weight excluding hydrogens is 386 g/mol. The van der Waals surface area contributed by atoms with Gasteiger partial charge in [0.1, 0.15) is 0 Å². The molecule has 5 rings (SSSR count). The fourth-order valence-electron chi connectivity index (χ4n) is 5.66. The summed E-state index contributed by atoms with van der Waals surface area (Å²) in [6, 6.07) is 22.3. The normalized spacial score (nSPS) is 17.3. The average Bonchev–Trinajstić information content (AvgIpc) is 3.13. The monoisotopic (exact) mass is 417 g/mol. The number of anilines is 2. The van der Waals surface area contributed by atoms with Crippen molar-refractivity contribution in [1.82, 2.24) is 0 Å². The number of benzene rings is 3. The Bertz CT molecular complexity index is 1310. The van der Waals surface area contributed by atoms with Gasteiger partial charge in [0.05, 0.1) is 0 Å². The molecule has 0 saturated heterocycles. The Hall–Kier alpha value is -3.32. The van der Waals surface area contributed by atoms with E-state index in [2.05, 4.69) is 119 Å². The molecule has 0 heterocycles. The highest BCUT2D eigenvalue weighted by atomic mass is 14.9. The summed E-state index contributed by atoms with van der Waals surface area (Å²) in [5.41, 5.74) is 12.9. The van der Waals surface area contributed by atoms with E-state index in [1.807, 2.05) is 6.08 Å². The van der Waals surface area contributed by atoms with E-state index in [0.717, 1.165) is 11.4 Å². The van der Waals surface area contributed by atoms with Crippen LogP contribution < -0.4 is 5.32 Å². The Labute approximate surface area is 192 Å². The standard InChI is InChI=1S/C31H31N/c1-7-11-22-24-16-14-20(18-28(24)30(3,4)26(22)8-2)32-21-15-17-25-23-12-9-10-13-27(23)31(5,6)29(25)19-21/h7-19,32H,2H2,1,3-6H3/b11-7-. The molecule has 0 aliphatic heterocycles. The Balaban J connectivity index is 1.52. The number of hydrogen-bond donors (Lipinski definition) is 1. The van der Waals surface area contributed by atoms with Gasteiger partial charge in [-0.15, -0.1) is 0 Å². The lowest BCUT2D eigenvalue weighted by Crippen LogP contribution is -2.16. The van der Waals surface area contributed by atoms with Gasteiger partial charge in [-0.1, -0.05) is 88.9 Å². The minimum absolute atomic E-state index is 0.00765. The average molecular weight is 418 g/mol. The molecule has 1 nitrogen and oxygen atoms in total. The minimum atomic E-state index is -0.0643. The van der Waals surface area contributed by atoms with Crippen molar-refractivity contribution in [3.8, 4) is 11.1 Å². The lowest BCUT2D eigenvalue weighted by Gasteiger charge is -2.24. The van der Waals surface area contributed by atoms with Gasteiger partial charge in [-0.2, -0.15) is 0 Å². The highest BCUT2D eigenvalue weighted by Crippen LogP contribution is 2.50. The zero-order valence-corrected chi connectivity index (χ0v) is 19.7. The van der Waals surface area contributed by atoms with Crippen LogP contribution in [-0.4, -0.2) is 0 Å². The van der Waals surface area contributed by atoms with Crippen molar-refractivity contribution in [3.05, 3.63) is 113 Å². The molecule has 32 heavy (non-hydrogen) atoms. The number of nitrogens with one attached hydrogen (secondary N) is 1. The van der Waals surface area contributed by atoms with Crippen molar-refractivity contribution in [1.29, 1.82) is 0 Å². The van der Waals surface area contributed by atoms with E-state index in [4.69, 9.17) is 0 Å². The summed E-state index contributed by atoms with van der Waals surface area (Å²) in [4.78, 5) is 0. The minimum Gasteiger partial charge on any atom is -0.356 e. The molecule has 0 aromatic heterocycles. The molecule has 1 N–H and O–H groups in total. The first-order valence-electron chi connectivity index (χ1n) is 11.4. The molecule has 0 bridgehead atoms. The first-order chi connectivity index (χ1) is 15.3. The summed E-state index contributed by atoms with van der Waals surface area (Å²) >= 11 is 0. The van der Waals surface area contributed by atoms with Gasteiger partial charge in [-0.25, -0.2) is 0 Å². The van der Waals surface area contributed by atoms with Crippen molar-refractivity contribution in [2.45, 2.75) is 45.4 Å². The van der Waals surface area contributed by atoms with Crippen LogP contribution in [0.5, 0.6) is 0 Å². The molecule has 1 heteroatoms. The van der Waals surface area contributed by atoms with Crippen LogP contribution in [0.3, 0.4) is 0 Å². The van der Waals surface area contributed by atoms with E-state index < -0.39 is 0 Å². The van der Waals surface area contributed by atoms with Gasteiger partial charge in [0.2, 0.25) is 0 Å². The van der Waals surface area contributed by atoms with Crippen LogP contribution >= 0.6 is 0 Å². The molecule has 0 radical (unpaired) electrons. The molecule has 3 aromatic rings. The van der Waals surface area contributed by atoms with Crippen LogP contribution in [-0.2, 0) is 10.8 Å². The van der Waals surface area contributed by atoms with Crippen molar-refractivity contribution >= 4 is 16.9 Å². The molecule has 0 fully saturated rings. The molecule has 160 valence electrons. The Morgan fingerprint density at radius 3 is 1.97 bits per heavy atom. The lowest BCUT2D eigenvalue weighted by atomic mass is 9.81. The number of hydrogen-bond acceptors (Lipinski definition) is 1. The van der Waals surface area contributed by atoms with E-state index in [-0.39, 0.29) is 10.8 Å². The second-order valence-corrected chi connectivity index (χ2v) is 9.97. The topological polar surface area (TPSA) is 12.0 Å². The summed E-state index contributed by atoms with van der Waals surface area (Å²) < 4.78 is 0. The third-order valence-electron chi connectivity index (χ3n) is 7.36. The van der Waals surface area contributed by atoms with Gasteiger partial charge in [0.15, 0.2) is 0 Å². The summed E-state index contributed by atoms with van der Waals surface area (Å²) in [7, 11) is 0. The van der Waals surface area contributed by atoms with Crippen LogP contribution in [0.4, 0.5) is 11.4 Å². The number of fused-ring (bicyclic) bond motifs is 4. The molecule has 0 atom stereocenters. The maximum absolute atomic E-state index is 4.10. The van der Waals surface area contributed by atoms with Crippen LogP contribution in [0.25, 0.3) is 16.7 Å². The van der Waals surface area contributed by atoms with E-state index in [0.29, 0.717) is 0 Å². The molecular formula is C31H31N. The van der Waals surface area contributed by atoms with Gasteiger partial charge in [-0.3, -0.25) is 0 Å². The van der Waals surface area contributed by atoms with Gasteiger partial charge >= 0.3 is 0 Å². The first-order valence-corrected chi connectivity index (χ1v) is 11.4. The van der Waals surface area contributed by atoms with Gasteiger partial charge < -0.3 is 5.32 Å². The molecule has 3 aromatic carbocycles. The van der Waals surface area contributed by atoms with Gasteiger partial charge in [-0.05, 0) is 75.7 Å². The van der Waals surface area contributed by atoms with Crippen molar-refractivity contribution in [2.75, 3.05) is 5.32 Å². The van der Waals surface area contributed by atoms with E-state index in [1.165, 1.54) is 44.5 Å². The predicted molar refractivity (Wildman–Crippen MR) is 139 cm³/mol. The molecule has 2 aliphatic carbocycles. The molecule has 0 unspecified atom stereocenters. The second kappa shape index (κ2) is 7.10. The summed E-state index contributed by atoms with van der Waals surface area (Å²) in [6.07, 6.45) is 6.33. The second-order valence-electron chi connectivity index (χ2n) is 9.97. The van der Waals surface area contributed by atoms with Crippen LogP contribution in [0.1, 0.15) is 56.9 Å². The summed E-state index contributed by atoms with van der Waals surface area (Å²) in [6.45, 7) is 15.4. The number of allylic oxidation sites excluding steroid dienone is 5. The van der Waals surface area contributed by atoms with Crippen molar-refractivity contribution < 1.29 is 0 Å². The smallest absolute Gasteiger partial charge is 0.0387 e. The van der Waals surface area contributed by atoms with E-state index in [9.17, 15) is 0 Å². The SMILES string of the molecule is C=CC1=C(/C=C\C)c2ccc(Nc3ccc4c(c3)C(C)(C)c3ccccc3-4)cc2C1(C)C. The predicted octanol–water partition coefficient (Wildman–Crippen LogP) is 8.54. The third-order valence-corrected chi connectivity index (χ3v) is 7.36. The zero-order valence-electron chi connectivity index (χ0n) is 19.7. The summed E-state index contributed by atoms with van der Waals surface area (Å²) in [5.74, 6) is 0. The Kier molecular flexibility index (Phi) is 4.57. The fraction of sp³-hybridized carbons (Fsp3) is 0.226. The Morgan fingerprint density at radius 2 is 1.31 bits per heavy atom. The van der Waals surface area contributed by atoms with E-state index >= 15 is 0 Å². The van der Waals surface area contributed by atoms with Crippen LogP contribution in [0.15, 0.2) is 91.0 Å². The molecule has 2 aliphatic rings. The quantitative estimate of drug-likeness (QED) is 0.448. The largest absolute Gasteiger partial charge is 0.356 e. The summed E-state index contributed by atoms with van der Waals surface area (Å²) in [5, 5.41) is 3.68. The maximum Gasteiger partial charge on any atom is 0.0387 e. The molecule has 0 spiro atoms. The third kappa shape index (κ3) is 2.84. The zero-order chi connectivity index (χ0) is 22.7. The highest BCUT2D eigenvalue weighted by Gasteiger charge is 2.36.